The molecule has 0 fully saturated rings. The third kappa shape index (κ3) is 5.14. The summed E-state index contributed by atoms with van der Waals surface area (Å²) < 4.78 is 2.04. The molecule has 0 saturated heterocycles. The highest BCUT2D eigenvalue weighted by atomic mass is 15.3. The Morgan fingerprint density at radius 2 is 1.94 bits per heavy atom. The molecule has 5 nitrogen and oxygen atoms in total. The number of aromatic nitrogens is 3. The first-order valence-corrected chi connectivity index (χ1v) is 6.95. The second kappa shape index (κ2) is 8.21. The Balaban J connectivity index is 2.24. The van der Waals surface area contributed by atoms with Crippen LogP contribution in [0.15, 0.2) is 0 Å². The van der Waals surface area contributed by atoms with E-state index in [-0.39, 0.29) is 0 Å². The zero-order valence-corrected chi connectivity index (χ0v) is 12.2. The van der Waals surface area contributed by atoms with Crippen molar-refractivity contribution in [3.05, 3.63) is 11.6 Å². The SMILES string of the molecule is CCc1nc(CC)n(CCNCCCN(C)C)n1. The van der Waals surface area contributed by atoms with E-state index in [1.54, 1.807) is 0 Å². The Hall–Kier alpha value is -0.940. The maximum Gasteiger partial charge on any atom is 0.150 e. The van der Waals surface area contributed by atoms with E-state index in [0.717, 1.165) is 50.7 Å². The predicted molar refractivity (Wildman–Crippen MR) is 74.8 cm³/mol. The fourth-order valence-electron chi connectivity index (χ4n) is 1.85. The molecule has 0 bridgehead atoms. The molecule has 0 aliphatic carbocycles. The van der Waals surface area contributed by atoms with E-state index < -0.39 is 0 Å². The van der Waals surface area contributed by atoms with Crippen LogP contribution in [0.3, 0.4) is 0 Å². The van der Waals surface area contributed by atoms with Gasteiger partial charge in [0.1, 0.15) is 5.82 Å². The summed E-state index contributed by atoms with van der Waals surface area (Å²) in [6.45, 7) is 8.31. The van der Waals surface area contributed by atoms with Gasteiger partial charge >= 0.3 is 0 Å². The Kier molecular flexibility index (Phi) is 6.90. The van der Waals surface area contributed by atoms with Gasteiger partial charge < -0.3 is 10.2 Å². The van der Waals surface area contributed by atoms with E-state index >= 15 is 0 Å². The average molecular weight is 253 g/mol. The molecule has 1 rings (SSSR count). The van der Waals surface area contributed by atoms with Crippen molar-refractivity contribution in [1.29, 1.82) is 0 Å². The zero-order chi connectivity index (χ0) is 13.4. The van der Waals surface area contributed by atoms with Crippen LogP contribution in [-0.2, 0) is 19.4 Å². The van der Waals surface area contributed by atoms with Crippen LogP contribution in [0.1, 0.15) is 31.9 Å². The topological polar surface area (TPSA) is 46.0 Å². The van der Waals surface area contributed by atoms with Gasteiger partial charge in [0, 0.05) is 19.4 Å². The first-order chi connectivity index (χ1) is 8.67. The van der Waals surface area contributed by atoms with Crippen LogP contribution < -0.4 is 5.32 Å². The predicted octanol–water partition coefficient (Wildman–Crippen LogP) is 0.944. The molecule has 0 unspecified atom stereocenters. The zero-order valence-electron chi connectivity index (χ0n) is 12.2. The molecule has 104 valence electrons. The third-order valence-corrected chi connectivity index (χ3v) is 2.88. The quantitative estimate of drug-likeness (QED) is 0.666. The summed E-state index contributed by atoms with van der Waals surface area (Å²) in [5, 5.41) is 7.96. The second-order valence-corrected chi connectivity index (χ2v) is 4.78. The van der Waals surface area contributed by atoms with Crippen molar-refractivity contribution in [2.24, 2.45) is 0 Å². The van der Waals surface area contributed by atoms with Gasteiger partial charge in [-0.05, 0) is 33.6 Å². The lowest BCUT2D eigenvalue weighted by molar-refractivity contribution is 0.392. The molecule has 1 N–H and O–H groups in total. The first kappa shape index (κ1) is 15.1. The molecular formula is C13H27N5. The summed E-state index contributed by atoms with van der Waals surface area (Å²) in [7, 11) is 4.21. The number of hydrogen-bond acceptors (Lipinski definition) is 4. The molecule has 0 atom stereocenters. The van der Waals surface area contributed by atoms with Crippen LogP contribution in [0.2, 0.25) is 0 Å². The molecule has 0 spiro atoms. The summed E-state index contributed by atoms with van der Waals surface area (Å²) in [5.41, 5.74) is 0. The van der Waals surface area contributed by atoms with Gasteiger partial charge in [0.25, 0.3) is 0 Å². The van der Waals surface area contributed by atoms with Gasteiger partial charge in [-0.15, -0.1) is 0 Å². The first-order valence-electron chi connectivity index (χ1n) is 6.95. The molecule has 1 aromatic rings. The van der Waals surface area contributed by atoms with Crippen molar-refractivity contribution in [1.82, 2.24) is 25.0 Å². The number of nitrogens with zero attached hydrogens (tertiary/aromatic N) is 4. The number of nitrogens with one attached hydrogen (secondary N) is 1. The molecule has 0 amide bonds. The van der Waals surface area contributed by atoms with E-state index in [4.69, 9.17) is 0 Å². The van der Waals surface area contributed by atoms with Crippen LogP contribution in [0.4, 0.5) is 0 Å². The van der Waals surface area contributed by atoms with Gasteiger partial charge in [-0.1, -0.05) is 13.8 Å². The lowest BCUT2D eigenvalue weighted by Gasteiger charge is -2.10. The summed E-state index contributed by atoms with van der Waals surface area (Å²) in [6.07, 6.45) is 3.05. The average Bonchev–Trinajstić information content (AvgIpc) is 2.75. The molecule has 0 aliphatic rings. The highest BCUT2D eigenvalue weighted by Crippen LogP contribution is 2.00. The summed E-state index contributed by atoms with van der Waals surface area (Å²) >= 11 is 0. The second-order valence-electron chi connectivity index (χ2n) is 4.78. The lowest BCUT2D eigenvalue weighted by Crippen LogP contribution is -2.25. The molecule has 0 saturated carbocycles. The highest BCUT2D eigenvalue weighted by Gasteiger charge is 2.05. The number of aryl methyl sites for hydroxylation is 2. The van der Waals surface area contributed by atoms with E-state index in [1.165, 1.54) is 6.42 Å². The van der Waals surface area contributed by atoms with Crippen molar-refractivity contribution in [3.8, 4) is 0 Å². The van der Waals surface area contributed by atoms with Crippen LogP contribution in [0.25, 0.3) is 0 Å². The highest BCUT2D eigenvalue weighted by molar-refractivity contribution is 4.92. The van der Waals surface area contributed by atoms with Gasteiger partial charge in [-0.2, -0.15) is 5.10 Å². The lowest BCUT2D eigenvalue weighted by atomic mass is 10.4. The fraction of sp³-hybridized carbons (Fsp3) is 0.846. The maximum atomic E-state index is 4.50. The van der Waals surface area contributed by atoms with Crippen LogP contribution in [0.5, 0.6) is 0 Å². The molecule has 0 aromatic carbocycles. The molecule has 1 heterocycles. The maximum absolute atomic E-state index is 4.50. The van der Waals surface area contributed by atoms with E-state index in [0.29, 0.717) is 0 Å². The van der Waals surface area contributed by atoms with Crippen LogP contribution >= 0.6 is 0 Å². The van der Waals surface area contributed by atoms with E-state index in [2.05, 4.69) is 48.2 Å². The Bertz CT molecular complexity index is 332. The summed E-state index contributed by atoms with van der Waals surface area (Å²) in [6, 6.07) is 0. The van der Waals surface area contributed by atoms with Crippen LogP contribution in [0, 0.1) is 0 Å². The standard InChI is InChI=1S/C13H27N5/c1-5-12-15-13(6-2)18(16-12)11-9-14-8-7-10-17(3)4/h14H,5-11H2,1-4H3. The minimum atomic E-state index is 0.913. The van der Waals surface area contributed by atoms with Crippen molar-refractivity contribution in [2.75, 3.05) is 33.7 Å². The van der Waals surface area contributed by atoms with Crippen LogP contribution in [-0.4, -0.2) is 53.4 Å². The summed E-state index contributed by atoms with van der Waals surface area (Å²) in [5.74, 6) is 2.06. The fourth-order valence-corrected chi connectivity index (χ4v) is 1.85. The smallest absolute Gasteiger partial charge is 0.150 e. The molecule has 5 heteroatoms. The van der Waals surface area contributed by atoms with E-state index in [1.807, 2.05) is 4.68 Å². The van der Waals surface area contributed by atoms with Gasteiger partial charge in [0.05, 0.1) is 6.54 Å². The largest absolute Gasteiger partial charge is 0.315 e. The van der Waals surface area contributed by atoms with Crippen molar-refractivity contribution < 1.29 is 0 Å². The van der Waals surface area contributed by atoms with Gasteiger partial charge in [-0.3, -0.25) is 0 Å². The molecule has 0 aliphatic heterocycles. The molecular weight excluding hydrogens is 226 g/mol. The van der Waals surface area contributed by atoms with Crippen molar-refractivity contribution in [2.45, 2.75) is 39.7 Å². The van der Waals surface area contributed by atoms with E-state index in [9.17, 15) is 0 Å². The third-order valence-electron chi connectivity index (χ3n) is 2.88. The normalized spacial score (nSPS) is 11.4. The monoisotopic (exact) mass is 253 g/mol. The van der Waals surface area contributed by atoms with Gasteiger partial charge in [0.15, 0.2) is 5.82 Å². The summed E-state index contributed by atoms with van der Waals surface area (Å²) in [4.78, 5) is 6.71. The van der Waals surface area contributed by atoms with Gasteiger partial charge in [0.2, 0.25) is 0 Å². The molecule has 18 heavy (non-hydrogen) atoms. The minimum absolute atomic E-state index is 0.913. The minimum Gasteiger partial charge on any atom is -0.315 e. The molecule has 1 aromatic heterocycles. The Morgan fingerprint density at radius 1 is 1.17 bits per heavy atom. The number of hydrogen-bond donors (Lipinski definition) is 1. The molecule has 0 radical (unpaired) electrons. The Labute approximate surface area is 111 Å². The van der Waals surface area contributed by atoms with Crippen molar-refractivity contribution >= 4 is 0 Å². The van der Waals surface area contributed by atoms with Crippen molar-refractivity contribution in [3.63, 3.8) is 0 Å². The number of rotatable bonds is 9. The van der Waals surface area contributed by atoms with Gasteiger partial charge in [-0.25, -0.2) is 9.67 Å². The Morgan fingerprint density at radius 3 is 2.56 bits per heavy atom.